The highest BCUT2D eigenvalue weighted by atomic mass is 79.9. The van der Waals surface area contributed by atoms with E-state index in [4.69, 9.17) is 0 Å². The Labute approximate surface area is 104 Å². The van der Waals surface area contributed by atoms with Gasteiger partial charge in [0.25, 0.3) is 0 Å². The second kappa shape index (κ2) is 5.92. The van der Waals surface area contributed by atoms with Gasteiger partial charge >= 0.3 is 6.03 Å². The predicted molar refractivity (Wildman–Crippen MR) is 53.3 cm³/mol. The van der Waals surface area contributed by atoms with E-state index in [1.165, 1.54) is 10.8 Å². The van der Waals surface area contributed by atoms with Crippen molar-refractivity contribution in [1.82, 2.24) is 10.3 Å². The third-order valence-corrected chi connectivity index (χ3v) is 2.10. The number of sulfonamides is 1. The van der Waals surface area contributed by atoms with Crippen molar-refractivity contribution in [2.24, 2.45) is 0 Å². The minimum Gasteiger partial charge on any atom is -1.00 e. The number of amides is 1. The van der Waals surface area contributed by atoms with E-state index < -0.39 is 16.1 Å². The van der Waals surface area contributed by atoms with Gasteiger partial charge in [0.15, 0.2) is 0 Å². The summed E-state index contributed by atoms with van der Waals surface area (Å²) in [6.45, 7) is 1.74. The Morgan fingerprint density at radius 3 is 2.50 bits per heavy atom. The SMILES string of the molecule is Cc1cccc[n+]1C(=O)NNS(C)(=O)=O.[Br-]. The molecule has 1 aromatic rings. The van der Waals surface area contributed by atoms with Crippen LogP contribution in [0.2, 0.25) is 0 Å². The molecule has 0 bridgehead atoms. The molecule has 0 unspecified atom stereocenters. The molecule has 0 saturated heterocycles. The van der Waals surface area contributed by atoms with Crippen molar-refractivity contribution in [3.8, 4) is 0 Å². The minimum atomic E-state index is -3.44. The second-order valence-electron chi connectivity index (χ2n) is 3.02. The topological polar surface area (TPSA) is 79.2 Å². The van der Waals surface area contributed by atoms with Crippen molar-refractivity contribution in [2.45, 2.75) is 6.92 Å². The summed E-state index contributed by atoms with van der Waals surface area (Å²) in [5.74, 6) is 0. The number of hydrogen-bond donors (Lipinski definition) is 2. The number of nitrogens with zero attached hydrogens (tertiary/aromatic N) is 1. The van der Waals surface area contributed by atoms with Gasteiger partial charge in [-0.25, -0.2) is 8.42 Å². The van der Waals surface area contributed by atoms with Gasteiger partial charge in [0.05, 0.1) is 12.5 Å². The van der Waals surface area contributed by atoms with E-state index in [0.717, 1.165) is 6.26 Å². The molecule has 0 aliphatic heterocycles. The summed E-state index contributed by atoms with van der Waals surface area (Å²) < 4.78 is 22.7. The van der Waals surface area contributed by atoms with Crippen molar-refractivity contribution in [3.05, 3.63) is 30.1 Å². The van der Waals surface area contributed by atoms with Crippen molar-refractivity contribution < 1.29 is 34.8 Å². The highest BCUT2D eigenvalue weighted by Gasteiger charge is 2.16. The minimum absolute atomic E-state index is 0. The summed E-state index contributed by atoms with van der Waals surface area (Å²) in [5.41, 5.74) is 2.77. The fourth-order valence-electron chi connectivity index (χ4n) is 0.953. The lowest BCUT2D eigenvalue weighted by Crippen LogP contribution is -3.00. The number of hydrazine groups is 1. The summed E-state index contributed by atoms with van der Waals surface area (Å²) in [4.78, 5) is 13.3. The predicted octanol–water partition coefficient (Wildman–Crippen LogP) is -3.69. The summed E-state index contributed by atoms with van der Waals surface area (Å²) >= 11 is 0. The Morgan fingerprint density at radius 2 is 2.00 bits per heavy atom. The van der Waals surface area contributed by atoms with E-state index in [0.29, 0.717) is 5.69 Å². The molecule has 0 spiro atoms. The zero-order chi connectivity index (χ0) is 11.5. The molecule has 0 aliphatic rings. The number of carbonyl (C=O) groups is 1. The average Bonchev–Trinajstić information content (AvgIpc) is 2.14. The maximum Gasteiger partial charge on any atom is 0.515 e. The average molecular weight is 310 g/mol. The summed E-state index contributed by atoms with van der Waals surface area (Å²) in [7, 11) is -3.44. The normalized spacial score (nSPS) is 10.4. The number of hydrogen-bond acceptors (Lipinski definition) is 3. The van der Waals surface area contributed by atoms with Crippen LogP contribution in [0.25, 0.3) is 0 Å². The molecule has 0 fully saturated rings. The molecular formula is C8H12BrN3O3S. The molecule has 0 atom stereocenters. The molecule has 1 amide bonds. The van der Waals surface area contributed by atoms with Gasteiger partial charge in [0.2, 0.25) is 10.0 Å². The molecule has 8 heteroatoms. The van der Waals surface area contributed by atoms with Crippen LogP contribution in [0.15, 0.2) is 24.4 Å². The molecule has 1 heterocycles. The lowest BCUT2D eigenvalue weighted by atomic mass is 10.4. The van der Waals surface area contributed by atoms with Gasteiger partial charge in [0.1, 0.15) is 5.69 Å². The van der Waals surface area contributed by atoms with Crippen LogP contribution in [-0.2, 0) is 10.0 Å². The van der Waals surface area contributed by atoms with Gasteiger partial charge in [-0.05, 0) is 19.1 Å². The summed E-state index contributed by atoms with van der Waals surface area (Å²) in [6, 6.07) is 4.63. The van der Waals surface area contributed by atoms with Crippen molar-refractivity contribution in [3.63, 3.8) is 0 Å². The molecule has 1 aromatic heterocycles. The molecule has 0 radical (unpaired) electrons. The number of aromatic nitrogens is 1. The fraction of sp³-hybridized carbons (Fsp3) is 0.250. The Bertz CT molecular complexity index is 475. The highest BCUT2D eigenvalue weighted by Crippen LogP contribution is 1.86. The number of carbonyl (C=O) groups excluding carboxylic acids is 1. The van der Waals surface area contributed by atoms with Gasteiger partial charge in [-0.1, -0.05) is 10.9 Å². The zero-order valence-electron chi connectivity index (χ0n) is 8.77. The quantitative estimate of drug-likeness (QED) is 0.436. The van der Waals surface area contributed by atoms with E-state index in [1.54, 1.807) is 25.1 Å². The molecule has 2 N–H and O–H groups in total. The lowest BCUT2D eigenvalue weighted by molar-refractivity contribution is -0.579. The molecule has 90 valence electrons. The molecular weight excluding hydrogens is 298 g/mol. The van der Waals surface area contributed by atoms with Crippen LogP contribution < -0.4 is 31.8 Å². The molecule has 0 aromatic carbocycles. The first kappa shape index (κ1) is 15.0. The van der Waals surface area contributed by atoms with E-state index in [1.807, 2.05) is 4.83 Å². The number of pyridine rings is 1. The first-order valence-electron chi connectivity index (χ1n) is 4.14. The van der Waals surface area contributed by atoms with Crippen LogP contribution in [0, 0.1) is 6.92 Å². The first-order chi connectivity index (χ1) is 6.90. The first-order valence-corrected chi connectivity index (χ1v) is 6.04. The van der Waals surface area contributed by atoms with Crippen LogP contribution in [-0.4, -0.2) is 20.7 Å². The maximum absolute atomic E-state index is 11.4. The Morgan fingerprint density at radius 1 is 1.38 bits per heavy atom. The molecule has 0 aliphatic carbocycles. The van der Waals surface area contributed by atoms with Crippen molar-refractivity contribution in [2.75, 3.05) is 6.26 Å². The van der Waals surface area contributed by atoms with Crippen molar-refractivity contribution in [1.29, 1.82) is 0 Å². The van der Waals surface area contributed by atoms with E-state index in [2.05, 4.69) is 5.43 Å². The third-order valence-electron chi connectivity index (χ3n) is 1.63. The molecule has 0 saturated carbocycles. The monoisotopic (exact) mass is 309 g/mol. The Hall–Kier alpha value is -0.990. The van der Waals surface area contributed by atoms with E-state index >= 15 is 0 Å². The van der Waals surface area contributed by atoms with Crippen LogP contribution >= 0.6 is 0 Å². The van der Waals surface area contributed by atoms with Gasteiger partial charge in [-0.2, -0.15) is 9.36 Å². The standard InChI is InChI=1S/C8H11N3O3S.BrH/c1-7-5-3-4-6-11(7)8(12)9-10-15(2,13)14;/h3-6,10H,1-2H3;1H. The zero-order valence-corrected chi connectivity index (χ0v) is 11.2. The Balaban J connectivity index is 0.00000225. The van der Waals surface area contributed by atoms with Gasteiger partial charge in [-0.3, -0.25) is 0 Å². The van der Waals surface area contributed by atoms with Crippen molar-refractivity contribution >= 4 is 16.1 Å². The van der Waals surface area contributed by atoms with E-state index in [-0.39, 0.29) is 17.0 Å². The van der Waals surface area contributed by atoms with Gasteiger partial charge < -0.3 is 17.0 Å². The smallest absolute Gasteiger partial charge is 0.515 e. The van der Waals surface area contributed by atoms with Crippen LogP contribution in [0.4, 0.5) is 4.79 Å². The number of halogens is 1. The van der Waals surface area contributed by atoms with Gasteiger partial charge in [-0.15, -0.1) is 5.43 Å². The third kappa shape index (κ3) is 4.69. The molecule has 6 nitrogen and oxygen atoms in total. The van der Waals surface area contributed by atoms with Crippen LogP contribution in [0.5, 0.6) is 0 Å². The number of aryl methyl sites for hydroxylation is 1. The summed E-state index contributed by atoms with van der Waals surface area (Å²) in [6.07, 6.45) is 2.49. The number of nitrogens with one attached hydrogen (secondary N) is 2. The maximum atomic E-state index is 11.4. The van der Waals surface area contributed by atoms with E-state index in [9.17, 15) is 13.2 Å². The van der Waals surface area contributed by atoms with Crippen LogP contribution in [0.3, 0.4) is 0 Å². The highest BCUT2D eigenvalue weighted by molar-refractivity contribution is 7.88. The Kier molecular flexibility index (Phi) is 5.56. The number of rotatable bonds is 2. The van der Waals surface area contributed by atoms with Crippen LogP contribution in [0.1, 0.15) is 5.69 Å². The fourth-order valence-corrected chi connectivity index (χ4v) is 1.23. The lowest BCUT2D eigenvalue weighted by Gasteiger charge is -2.00. The largest absolute Gasteiger partial charge is 1.00 e. The molecule has 16 heavy (non-hydrogen) atoms. The van der Waals surface area contributed by atoms with Gasteiger partial charge in [0, 0.05) is 0 Å². The summed E-state index contributed by atoms with van der Waals surface area (Å²) in [5, 5.41) is 0. The molecule has 1 rings (SSSR count). The second-order valence-corrected chi connectivity index (χ2v) is 4.76.